The molecule has 0 fully saturated rings. The maximum absolute atomic E-state index is 6.20. The zero-order valence-corrected chi connectivity index (χ0v) is 13.2. The van der Waals surface area contributed by atoms with E-state index in [9.17, 15) is 0 Å². The summed E-state index contributed by atoms with van der Waals surface area (Å²) in [7, 11) is 0. The third kappa shape index (κ3) is 3.23. The molecule has 0 aromatic carbocycles. The summed E-state index contributed by atoms with van der Waals surface area (Å²) < 4.78 is 10.9. The number of nitrogens with zero attached hydrogens (tertiary/aromatic N) is 3. The third-order valence-corrected chi connectivity index (χ3v) is 3.81. The molecule has 2 aromatic rings. The van der Waals surface area contributed by atoms with Crippen molar-refractivity contribution in [3.05, 3.63) is 16.5 Å². The van der Waals surface area contributed by atoms with Gasteiger partial charge in [-0.25, -0.2) is 4.98 Å². The molecule has 1 atom stereocenters. The van der Waals surface area contributed by atoms with E-state index in [2.05, 4.69) is 15.1 Å². The van der Waals surface area contributed by atoms with E-state index in [0.717, 1.165) is 15.6 Å². The monoisotopic (exact) mass is 296 g/mol. The van der Waals surface area contributed by atoms with Crippen molar-refractivity contribution in [2.75, 3.05) is 6.61 Å². The van der Waals surface area contributed by atoms with Crippen LogP contribution >= 0.6 is 11.3 Å². The number of aromatic nitrogens is 3. The Hall–Kier alpha value is -1.31. The van der Waals surface area contributed by atoms with Crippen LogP contribution in [0.25, 0.3) is 10.8 Å². The molecule has 2 heterocycles. The number of nitrogens with two attached hydrogens (primary N) is 1. The number of rotatable bonds is 5. The maximum atomic E-state index is 6.20. The van der Waals surface area contributed by atoms with Gasteiger partial charge in [0.05, 0.1) is 23.4 Å². The lowest BCUT2D eigenvalue weighted by molar-refractivity contribution is 0.0410. The standard InChI is InChI=1S/C13H20N4O2S/c1-7(2)18-6-13(5,14)12-16-11(19-17-12)10-8(3)15-9(4)20-10/h7H,6,14H2,1-5H3. The van der Waals surface area contributed by atoms with Gasteiger partial charge in [0.1, 0.15) is 10.4 Å². The minimum absolute atomic E-state index is 0.107. The van der Waals surface area contributed by atoms with Crippen LogP contribution < -0.4 is 5.73 Å². The van der Waals surface area contributed by atoms with Gasteiger partial charge in [-0.2, -0.15) is 4.98 Å². The Kier molecular flexibility index (Phi) is 4.22. The highest BCUT2D eigenvalue weighted by atomic mass is 32.1. The van der Waals surface area contributed by atoms with E-state index in [1.165, 1.54) is 11.3 Å². The summed E-state index contributed by atoms with van der Waals surface area (Å²) in [5.74, 6) is 0.905. The highest BCUT2D eigenvalue weighted by molar-refractivity contribution is 7.15. The summed E-state index contributed by atoms with van der Waals surface area (Å²) in [6, 6.07) is 0. The van der Waals surface area contributed by atoms with Gasteiger partial charge < -0.3 is 15.0 Å². The van der Waals surface area contributed by atoms with Crippen LogP contribution in [-0.2, 0) is 10.3 Å². The van der Waals surface area contributed by atoms with Crippen molar-refractivity contribution in [2.45, 2.75) is 46.3 Å². The number of aryl methyl sites for hydroxylation is 2. The molecule has 0 bridgehead atoms. The van der Waals surface area contributed by atoms with Gasteiger partial charge in [-0.1, -0.05) is 5.16 Å². The fourth-order valence-electron chi connectivity index (χ4n) is 1.68. The number of ether oxygens (including phenoxy) is 1. The Morgan fingerprint density at radius 1 is 1.35 bits per heavy atom. The molecule has 2 rings (SSSR count). The van der Waals surface area contributed by atoms with Crippen LogP contribution in [0.1, 0.15) is 37.3 Å². The Morgan fingerprint density at radius 2 is 2.05 bits per heavy atom. The van der Waals surface area contributed by atoms with E-state index < -0.39 is 5.54 Å². The van der Waals surface area contributed by atoms with Gasteiger partial charge in [0.2, 0.25) is 0 Å². The van der Waals surface area contributed by atoms with Crippen molar-refractivity contribution in [1.29, 1.82) is 0 Å². The molecular weight excluding hydrogens is 276 g/mol. The first-order valence-corrected chi connectivity index (χ1v) is 7.30. The molecule has 2 aromatic heterocycles. The minimum atomic E-state index is -0.778. The molecule has 0 aliphatic heterocycles. The number of thiazole rings is 1. The van der Waals surface area contributed by atoms with Gasteiger partial charge in [-0.05, 0) is 34.6 Å². The molecule has 0 radical (unpaired) electrons. The molecule has 20 heavy (non-hydrogen) atoms. The predicted molar refractivity (Wildman–Crippen MR) is 77.5 cm³/mol. The average Bonchev–Trinajstić information content (AvgIpc) is 2.93. The van der Waals surface area contributed by atoms with Crippen molar-refractivity contribution in [3.63, 3.8) is 0 Å². The molecule has 0 aliphatic carbocycles. The van der Waals surface area contributed by atoms with Crippen molar-refractivity contribution in [2.24, 2.45) is 5.73 Å². The number of hydrogen-bond donors (Lipinski definition) is 1. The molecule has 0 saturated carbocycles. The van der Waals surface area contributed by atoms with Crippen molar-refractivity contribution in [3.8, 4) is 10.8 Å². The van der Waals surface area contributed by atoms with E-state index in [-0.39, 0.29) is 6.10 Å². The van der Waals surface area contributed by atoms with Gasteiger partial charge in [0.25, 0.3) is 5.89 Å². The van der Waals surface area contributed by atoms with Crippen molar-refractivity contribution in [1.82, 2.24) is 15.1 Å². The zero-order valence-electron chi connectivity index (χ0n) is 12.4. The average molecular weight is 296 g/mol. The third-order valence-electron chi connectivity index (χ3n) is 2.75. The lowest BCUT2D eigenvalue weighted by Gasteiger charge is -2.21. The van der Waals surface area contributed by atoms with E-state index in [4.69, 9.17) is 15.0 Å². The summed E-state index contributed by atoms with van der Waals surface area (Å²) >= 11 is 1.53. The molecule has 6 nitrogen and oxygen atoms in total. The topological polar surface area (TPSA) is 87.1 Å². The van der Waals surface area contributed by atoms with E-state index in [1.54, 1.807) is 0 Å². The van der Waals surface area contributed by atoms with Gasteiger partial charge in [-0.15, -0.1) is 11.3 Å². The summed E-state index contributed by atoms with van der Waals surface area (Å²) in [6.07, 6.45) is 0.107. The van der Waals surface area contributed by atoms with Gasteiger partial charge >= 0.3 is 0 Å². The van der Waals surface area contributed by atoms with Crippen LogP contribution in [0.15, 0.2) is 4.52 Å². The van der Waals surface area contributed by atoms with E-state index in [1.807, 2.05) is 34.6 Å². The maximum Gasteiger partial charge on any atom is 0.269 e. The van der Waals surface area contributed by atoms with Crippen LogP contribution in [0.4, 0.5) is 0 Å². The molecule has 1 unspecified atom stereocenters. The largest absolute Gasteiger partial charge is 0.376 e. The zero-order chi connectivity index (χ0) is 14.9. The number of hydrogen-bond acceptors (Lipinski definition) is 7. The highest BCUT2D eigenvalue weighted by Crippen LogP contribution is 2.29. The first kappa shape index (κ1) is 15.1. The van der Waals surface area contributed by atoms with Gasteiger partial charge in [0, 0.05) is 0 Å². The predicted octanol–water partition coefficient (Wildman–Crippen LogP) is 2.41. The molecular formula is C13H20N4O2S. The van der Waals surface area contributed by atoms with Gasteiger partial charge in [-0.3, -0.25) is 0 Å². The lowest BCUT2D eigenvalue weighted by atomic mass is 10.1. The summed E-state index contributed by atoms with van der Waals surface area (Å²) in [5, 5.41) is 4.95. The summed E-state index contributed by atoms with van der Waals surface area (Å²) in [5.41, 5.74) is 6.31. The Morgan fingerprint density at radius 3 is 2.60 bits per heavy atom. The Bertz CT molecular complexity index is 589. The molecule has 2 N–H and O–H groups in total. The van der Waals surface area contributed by atoms with Crippen LogP contribution in [0.2, 0.25) is 0 Å². The molecule has 0 amide bonds. The first-order valence-electron chi connectivity index (χ1n) is 6.48. The summed E-state index contributed by atoms with van der Waals surface area (Å²) in [6.45, 7) is 9.95. The second kappa shape index (κ2) is 5.59. The van der Waals surface area contributed by atoms with Gasteiger partial charge in [0.15, 0.2) is 5.82 Å². The smallest absolute Gasteiger partial charge is 0.269 e. The highest BCUT2D eigenvalue weighted by Gasteiger charge is 2.29. The molecule has 0 saturated heterocycles. The molecule has 7 heteroatoms. The van der Waals surface area contributed by atoms with Crippen LogP contribution in [0.5, 0.6) is 0 Å². The molecule has 0 spiro atoms. The Balaban J connectivity index is 2.22. The minimum Gasteiger partial charge on any atom is -0.376 e. The van der Waals surface area contributed by atoms with Crippen molar-refractivity contribution < 1.29 is 9.26 Å². The molecule has 110 valence electrons. The SMILES string of the molecule is Cc1nc(C)c(-c2nc(C(C)(N)COC(C)C)no2)s1. The van der Waals surface area contributed by atoms with Crippen LogP contribution in [-0.4, -0.2) is 27.8 Å². The first-order chi connectivity index (χ1) is 9.29. The molecule has 0 aliphatic rings. The lowest BCUT2D eigenvalue weighted by Crippen LogP contribution is -2.40. The quantitative estimate of drug-likeness (QED) is 0.911. The Labute approximate surface area is 122 Å². The van der Waals surface area contributed by atoms with E-state index >= 15 is 0 Å². The normalized spacial score (nSPS) is 14.8. The van der Waals surface area contributed by atoms with Crippen molar-refractivity contribution >= 4 is 11.3 Å². The second-order valence-electron chi connectivity index (χ2n) is 5.35. The fourth-order valence-corrected chi connectivity index (χ4v) is 2.52. The fraction of sp³-hybridized carbons (Fsp3) is 0.615. The van der Waals surface area contributed by atoms with Crippen LogP contribution in [0, 0.1) is 13.8 Å². The second-order valence-corrected chi connectivity index (χ2v) is 6.55. The van der Waals surface area contributed by atoms with Crippen LogP contribution in [0.3, 0.4) is 0 Å². The van der Waals surface area contributed by atoms with E-state index in [0.29, 0.717) is 18.3 Å². The summed E-state index contributed by atoms with van der Waals surface area (Å²) in [4.78, 5) is 9.64.